The summed E-state index contributed by atoms with van der Waals surface area (Å²) in [4.78, 5) is 38.2. The van der Waals surface area contributed by atoms with Crippen molar-refractivity contribution in [3.63, 3.8) is 0 Å². The zero-order valence-electron chi connectivity index (χ0n) is 14.4. The molecule has 138 valence electrons. The standard InChI is InChI=1S/C19H18N4O4/c24-17(12-23-19(27)22-9-5-4-8-16(22)20-23)21-10-14(15(11-21)18(25)26)13-6-2-1-3-7-13/h1-9,14-15H,10-12H2,(H,25,26). The topological polar surface area (TPSA) is 96.9 Å². The van der Waals surface area contributed by atoms with Gasteiger partial charge < -0.3 is 10.0 Å². The SMILES string of the molecule is O=C(O)C1CN(C(=O)Cn2nc3ccccn3c2=O)CC1c1ccccc1. The molecule has 3 heterocycles. The molecule has 8 nitrogen and oxygen atoms in total. The molecule has 0 aliphatic carbocycles. The summed E-state index contributed by atoms with van der Waals surface area (Å²) in [5.41, 5.74) is 0.958. The number of aliphatic carboxylic acids is 1. The zero-order valence-corrected chi connectivity index (χ0v) is 14.4. The Hall–Kier alpha value is -3.42. The van der Waals surface area contributed by atoms with Crippen molar-refractivity contribution in [2.75, 3.05) is 13.1 Å². The first-order chi connectivity index (χ1) is 13.0. The van der Waals surface area contributed by atoms with E-state index in [9.17, 15) is 19.5 Å². The third-order valence-corrected chi connectivity index (χ3v) is 4.99. The van der Waals surface area contributed by atoms with Crippen molar-refractivity contribution in [2.45, 2.75) is 12.5 Å². The summed E-state index contributed by atoms with van der Waals surface area (Å²) < 4.78 is 2.48. The summed E-state index contributed by atoms with van der Waals surface area (Å²) in [6.07, 6.45) is 1.59. The molecule has 1 aliphatic rings. The van der Waals surface area contributed by atoms with Gasteiger partial charge in [0, 0.05) is 25.2 Å². The smallest absolute Gasteiger partial charge is 0.350 e. The fourth-order valence-corrected chi connectivity index (χ4v) is 3.59. The summed E-state index contributed by atoms with van der Waals surface area (Å²) in [6.45, 7) is 0.214. The highest BCUT2D eigenvalue weighted by molar-refractivity contribution is 5.79. The molecule has 0 spiro atoms. The van der Waals surface area contributed by atoms with E-state index in [0.717, 1.165) is 10.2 Å². The highest BCUT2D eigenvalue weighted by Crippen LogP contribution is 2.32. The van der Waals surface area contributed by atoms with Crippen LogP contribution in [0.15, 0.2) is 59.5 Å². The Morgan fingerprint density at radius 2 is 1.81 bits per heavy atom. The number of carbonyl (C=O) groups excluding carboxylic acids is 1. The molecule has 0 saturated carbocycles. The maximum atomic E-state index is 12.7. The van der Waals surface area contributed by atoms with Crippen molar-refractivity contribution < 1.29 is 14.7 Å². The molecule has 1 fully saturated rings. The monoisotopic (exact) mass is 366 g/mol. The lowest BCUT2D eigenvalue weighted by Crippen LogP contribution is -2.36. The van der Waals surface area contributed by atoms with E-state index in [1.165, 1.54) is 9.30 Å². The Labute approximate surface area is 154 Å². The van der Waals surface area contributed by atoms with Gasteiger partial charge in [0.25, 0.3) is 0 Å². The van der Waals surface area contributed by atoms with Crippen molar-refractivity contribution in [1.29, 1.82) is 0 Å². The number of carboxylic acids is 1. The number of likely N-dealkylation sites (tertiary alicyclic amines) is 1. The van der Waals surface area contributed by atoms with Gasteiger partial charge in [0.1, 0.15) is 6.54 Å². The molecular formula is C19H18N4O4. The second kappa shape index (κ2) is 6.71. The van der Waals surface area contributed by atoms with Crippen molar-refractivity contribution in [3.05, 3.63) is 70.8 Å². The molecule has 3 aromatic rings. The third-order valence-electron chi connectivity index (χ3n) is 4.99. The Bertz CT molecular complexity index is 1060. The minimum Gasteiger partial charge on any atom is -0.481 e. The number of rotatable bonds is 4. The number of fused-ring (bicyclic) bond motifs is 1. The zero-order chi connectivity index (χ0) is 19.0. The van der Waals surface area contributed by atoms with Gasteiger partial charge >= 0.3 is 11.7 Å². The lowest BCUT2D eigenvalue weighted by atomic mass is 9.89. The maximum Gasteiger partial charge on any atom is 0.350 e. The molecular weight excluding hydrogens is 348 g/mol. The molecule has 2 atom stereocenters. The van der Waals surface area contributed by atoms with Crippen LogP contribution >= 0.6 is 0 Å². The third kappa shape index (κ3) is 3.10. The number of hydrogen-bond donors (Lipinski definition) is 1. The molecule has 2 aromatic heterocycles. The van der Waals surface area contributed by atoms with Crippen LogP contribution in [-0.4, -0.2) is 49.2 Å². The number of aromatic nitrogens is 3. The van der Waals surface area contributed by atoms with E-state index in [1.807, 2.05) is 30.3 Å². The summed E-state index contributed by atoms with van der Waals surface area (Å²) in [5, 5.41) is 13.7. The molecule has 0 radical (unpaired) electrons. The van der Waals surface area contributed by atoms with Crippen LogP contribution in [-0.2, 0) is 16.1 Å². The van der Waals surface area contributed by atoms with E-state index in [1.54, 1.807) is 24.4 Å². The highest BCUT2D eigenvalue weighted by atomic mass is 16.4. The molecule has 1 N–H and O–H groups in total. The summed E-state index contributed by atoms with van der Waals surface area (Å²) in [5.74, 6) is -2.19. The van der Waals surface area contributed by atoms with Crippen molar-refractivity contribution in [1.82, 2.24) is 19.1 Å². The first kappa shape index (κ1) is 17.0. The average molecular weight is 366 g/mol. The predicted octanol–water partition coefficient (Wildman–Crippen LogP) is 0.823. The molecule has 4 rings (SSSR count). The van der Waals surface area contributed by atoms with Gasteiger partial charge in [-0.1, -0.05) is 36.4 Å². The number of hydrogen-bond acceptors (Lipinski definition) is 4. The summed E-state index contributed by atoms with van der Waals surface area (Å²) in [6, 6.07) is 14.5. The van der Waals surface area contributed by atoms with E-state index in [4.69, 9.17) is 0 Å². The second-order valence-electron chi connectivity index (χ2n) is 6.63. The predicted molar refractivity (Wildman–Crippen MR) is 96.3 cm³/mol. The Morgan fingerprint density at radius 1 is 1.07 bits per heavy atom. The van der Waals surface area contributed by atoms with Crippen LogP contribution in [0.25, 0.3) is 5.65 Å². The van der Waals surface area contributed by atoms with Crippen molar-refractivity contribution in [3.8, 4) is 0 Å². The minimum absolute atomic E-state index is 0.121. The van der Waals surface area contributed by atoms with Crippen LogP contribution in [0.1, 0.15) is 11.5 Å². The number of carboxylic acid groups (broad SMARTS) is 1. The van der Waals surface area contributed by atoms with E-state index in [0.29, 0.717) is 12.2 Å². The van der Waals surface area contributed by atoms with Gasteiger partial charge in [-0.25, -0.2) is 9.48 Å². The average Bonchev–Trinajstić information content (AvgIpc) is 3.26. The number of benzene rings is 1. The lowest BCUT2D eigenvalue weighted by Gasteiger charge is -2.16. The van der Waals surface area contributed by atoms with E-state index < -0.39 is 17.6 Å². The van der Waals surface area contributed by atoms with Gasteiger partial charge in [0.15, 0.2) is 5.65 Å². The molecule has 2 unspecified atom stereocenters. The fraction of sp³-hybridized carbons (Fsp3) is 0.263. The molecule has 0 bridgehead atoms. The van der Waals surface area contributed by atoms with Gasteiger partial charge in [-0.2, -0.15) is 0 Å². The summed E-state index contributed by atoms with van der Waals surface area (Å²) >= 11 is 0. The van der Waals surface area contributed by atoms with Crippen LogP contribution in [0.3, 0.4) is 0 Å². The number of nitrogens with zero attached hydrogens (tertiary/aromatic N) is 4. The fourth-order valence-electron chi connectivity index (χ4n) is 3.59. The van der Waals surface area contributed by atoms with Crippen molar-refractivity contribution >= 4 is 17.5 Å². The highest BCUT2D eigenvalue weighted by Gasteiger charge is 2.40. The van der Waals surface area contributed by atoms with Gasteiger partial charge in [-0.05, 0) is 17.7 Å². The normalized spacial score (nSPS) is 19.5. The number of carbonyl (C=O) groups is 2. The van der Waals surface area contributed by atoms with E-state index >= 15 is 0 Å². The second-order valence-corrected chi connectivity index (χ2v) is 6.63. The Kier molecular flexibility index (Phi) is 4.23. The van der Waals surface area contributed by atoms with Crippen LogP contribution in [0.5, 0.6) is 0 Å². The molecule has 8 heteroatoms. The Morgan fingerprint density at radius 3 is 2.52 bits per heavy atom. The van der Waals surface area contributed by atoms with Gasteiger partial charge in [-0.15, -0.1) is 5.10 Å². The quantitative estimate of drug-likeness (QED) is 0.737. The van der Waals surface area contributed by atoms with E-state index in [-0.39, 0.29) is 24.9 Å². The lowest BCUT2D eigenvalue weighted by molar-refractivity contribution is -0.141. The first-order valence-corrected chi connectivity index (χ1v) is 8.64. The molecule has 1 aliphatic heterocycles. The molecule has 1 amide bonds. The maximum absolute atomic E-state index is 12.7. The largest absolute Gasteiger partial charge is 0.481 e. The van der Waals surface area contributed by atoms with Crippen molar-refractivity contribution in [2.24, 2.45) is 5.92 Å². The number of pyridine rings is 1. The first-order valence-electron chi connectivity index (χ1n) is 8.64. The van der Waals surface area contributed by atoms with Crippen LogP contribution < -0.4 is 5.69 Å². The molecule has 1 aromatic carbocycles. The van der Waals surface area contributed by atoms with E-state index in [2.05, 4.69) is 5.10 Å². The van der Waals surface area contributed by atoms with Crippen LogP contribution in [0, 0.1) is 5.92 Å². The minimum atomic E-state index is -0.927. The summed E-state index contributed by atoms with van der Waals surface area (Å²) in [7, 11) is 0. The number of amides is 1. The van der Waals surface area contributed by atoms with Gasteiger partial charge in [0.2, 0.25) is 5.91 Å². The van der Waals surface area contributed by atoms with Gasteiger partial charge in [0.05, 0.1) is 5.92 Å². The Balaban J connectivity index is 1.56. The molecule has 1 saturated heterocycles. The van der Waals surface area contributed by atoms with Gasteiger partial charge in [-0.3, -0.25) is 14.0 Å². The molecule has 27 heavy (non-hydrogen) atoms. The van der Waals surface area contributed by atoms with Crippen LogP contribution in [0.2, 0.25) is 0 Å². The van der Waals surface area contributed by atoms with Crippen LogP contribution in [0.4, 0.5) is 0 Å².